The zero-order valence-electron chi connectivity index (χ0n) is 23.0. The van der Waals surface area contributed by atoms with E-state index in [4.69, 9.17) is 17.5 Å². The molecule has 35 heavy (non-hydrogen) atoms. The lowest BCUT2D eigenvalue weighted by atomic mass is 10.1. The number of benzene rings is 1. The van der Waals surface area contributed by atoms with E-state index in [-0.39, 0.29) is 0 Å². The van der Waals surface area contributed by atoms with Crippen molar-refractivity contribution in [1.29, 1.82) is 0 Å². The molecule has 1 aromatic carbocycles. The molecule has 0 unspecified atom stereocenters. The van der Waals surface area contributed by atoms with E-state index in [2.05, 4.69) is 45.0 Å². The smallest absolute Gasteiger partial charge is 0.264 e. The van der Waals surface area contributed by atoms with Crippen LogP contribution in [0.5, 0.6) is 0 Å². The lowest BCUT2D eigenvalue weighted by Gasteiger charge is -2.10. The van der Waals surface area contributed by atoms with E-state index in [0.717, 1.165) is 0 Å². The van der Waals surface area contributed by atoms with Gasteiger partial charge in [0.15, 0.2) is 4.90 Å². The first-order valence-electron chi connectivity index (χ1n) is 14.2. The predicted molar refractivity (Wildman–Crippen MR) is 155 cm³/mol. The Kier molecular flexibility index (Phi) is 23.4. The Balaban J connectivity index is 0.00000209. The van der Waals surface area contributed by atoms with Crippen LogP contribution >= 0.6 is 0 Å². The summed E-state index contributed by atoms with van der Waals surface area (Å²) in [7, 11) is -4.19. The zero-order valence-corrected chi connectivity index (χ0v) is 24.6. The van der Waals surface area contributed by atoms with Gasteiger partial charge in [-0.2, -0.15) is 8.42 Å². The molecule has 0 amide bonds. The SMILES string of the molecule is CCCCCCCCCCC[S+](CCCCCCCCCCC)c1ccc(C)cc1.O=S(=O)(O)O. The van der Waals surface area contributed by atoms with E-state index >= 15 is 0 Å². The third kappa shape index (κ3) is 26.3. The van der Waals surface area contributed by atoms with Crippen LogP contribution in [0.15, 0.2) is 29.2 Å². The van der Waals surface area contributed by atoms with Crippen LogP contribution in [0.4, 0.5) is 0 Å². The van der Waals surface area contributed by atoms with Crippen molar-refractivity contribution in [2.45, 2.75) is 141 Å². The Morgan fingerprint density at radius 3 is 1.17 bits per heavy atom. The second kappa shape index (κ2) is 23.8. The molecule has 6 heteroatoms. The average molecular weight is 532 g/mol. The van der Waals surface area contributed by atoms with Crippen LogP contribution in [-0.2, 0) is 21.3 Å². The second-order valence-corrected chi connectivity index (χ2v) is 13.0. The minimum Gasteiger partial charge on any atom is -0.264 e. The van der Waals surface area contributed by atoms with Crippen LogP contribution in [0.25, 0.3) is 0 Å². The van der Waals surface area contributed by atoms with Gasteiger partial charge < -0.3 is 0 Å². The summed E-state index contributed by atoms with van der Waals surface area (Å²) in [4.78, 5) is 1.62. The lowest BCUT2D eigenvalue weighted by Crippen LogP contribution is -2.13. The molecule has 1 aromatic rings. The molecule has 2 N–H and O–H groups in total. The minimum atomic E-state index is -4.67. The normalized spacial score (nSPS) is 11.5. The molecule has 0 spiro atoms. The number of aryl methyl sites for hydroxylation is 1. The maximum atomic E-state index is 8.74. The predicted octanol–water partition coefficient (Wildman–Crippen LogP) is 9.38. The van der Waals surface area contributed by atoms with Gasteiger partial charge in [0.1, 0.15) is 11.5 Å². The summed E-state index contributed by atoms with van der Waals surface area (Å²) >= 11 is 0. The van der Waals surface area contributed by atoms with E-state index in [1.54, 1.807) is 4.90 Å². The Bertz CT molecular complexity index is 644. The first-order valence-corrected chi connectivity index (χ1v) is 17.2. The van der Waals surface area contributed by atoms with E-state index < -0.39 is 10.4 Å². The molecular formula is C29H55O4S2+. The van der Waals surface area contributed by atoms with Gasteiger partial charge in [-0.25, -0.2) is 0 Å². The van der Waals surface area contributed by atoms with Crippen LogP contribution in [-0.4, -0.2) is 29.0 Å². The molecule has 1 rings (SSSR count). The maximum absolute atomic E-state index is 8.74. The van der Waals surface area contributed by atoms with Crippen molar-refractivity contribution in [1.82, 2.24) is 0 Å². The molecule has 0 aliphatic rings. The van der Waals surface area contributed by atoms with Crippen molar-refractivity contribution in [2.75, 3.05) is 11.5 Å². The highest BCUT2D eigenvalue weighted by Crippen LogP contribution is 2.20. The van der Waals surface area contributed by atoms with Gasteiger partial charge in [-0.15, -0.1) is 0 Å². The van der Waals surface area contributed by atoms with Crippen molar-refractivity contribution in [3.8, 4) is 0 Å². The molecule has 0 saturated heterocycles. The third-order valence-corrected chi connectivity index (χ3v) is 8.84. The van der Waals surface area contributed by atoms with Crippen molar-refractivity contribution < 1.29 is 17.5 Å². The van der Waals surface area contributed by atoms with E-state index in [0.29, 0.717) is 10.9 Å². The molecule has 0 aromatic heterocycles. The molecule has 0 fully saturated rings. The summed E-state index contributed by atoms with van der Waals surface area (Å²) in [5.41, 5.74) is 1.40. The van der Waals surface area contributed by atoms with Crippen LogP contribution in [0.1, 0.15) is 135 Å². The Labute approximate surface area is 221 Å². The van der Waals surface area contributed by atoms with E-state index in [1.165, 1.54) is 133 Å². The van der Waals surface area contributed by atoms with Gasteiger partial charge in [-0.3, -0.25) is 9.11 Å². The fraction of sp³-hybridized carbons (Fsp3) is 0.793. The minimum absolute atomic E-state index is 0.481. The van der Waals surface area contributed by atoms with E-state index in [9.17, 15) is 0 Å². The summed E-state index contributed by atoms with van der Waals surface area (Å²) in [6.07, 6.45) is 25.9. The quantitative estimate of drug-likeness (QED) is 0.0941. The van der Waals surface area contributed by atoms with Crippen LogP contribution in [0.2, 0.25) is 0 Å². The fourth-order valence-electron chi connectivity index (χ4n) is 4.24. The van der Waals surface area contributed by atoms with Gasteiger partial charge in [0.25, 0.3) is 0 Å². The summed E-state index contributed by atoms with van der Waals surface area (Å²) < 4.78 is 31.6. The lowest BCUT2D eigenvalue weighted by molar-refractivity contribution is 0.381. The molecule has 4 nitrogen and oxygen atoms in total. The molecule has 0 atom stereocenters. The van der Waals surface area contributed by atoms with Gasteiger partial charge in [0.2, 0.25) is 0 Å². The molecule has 0 aliphatic heterocycles. The van der Waals surface area contributed by atoms with Crippen molar-refractivity contribution in [3.63, 3.8) is 0 Å². The monoisotopic (exact) mass is 531 g/mol. The van der Waals surface area contributed by atoms with Gasteiger partial charge in [-0.05, 0) is 44.7 Å². The Morgan fingerprint density at radius 2 is 0.857 bits per heavy atom. The first-order chi connectivity index (χ1) is 16.8. The van der Waals surface area contributed by atoms with Crippen LogP contribution in [0, 0.1) is 6.92 Å². The largest absolute Gasteiger partial charge is 0.394 e. The van der Waals surface area contributed by atoms with Crippen LogP contribution < -0.4 is 0 Å². The summed E-state index contributed by atoms with van der Waals surface area (Å²) in [6.45, 7) is 6.82. The molecule has 0 bridgehead atoms. The fourth-order valence-corrected chi connectivity index (χ4v) is 6.54. The molecule has 0 saturated carbocycles. The molecule has 0 aliphatic carbocycles. The maximum Gasteiger partial charge on any atom is 0.394 e. The Morgan fingerprint density at radius 1 is 0.571 bits per heavy atom. The van der Waals surface area contributed by atoms with Gasteiger partial charge in [0.05, 0.1) is 0 Å². The summed E-state index contributed by atoms with van der Waals surface area (Å²) in [6, 6.07) is 9.48. The summed E-state index contributed by atoms with van der Waals surface area (Å²) in [5.74, 6) is 2.85. The topological polar surface area (TPSA) is 74.6 Å². The number of hydrogen-bond acceptors (Lipinski definition) is 2. The van der Waals surface area contributed by atoms with Gasteiger partial charge >= 0.3 is 10.4 Å². The highest BCUT2D eigenvalue weighted by atomic mass is 32.3. The summed E-state index contributed by atoms with van der Waals surface area (Å²) in [5, 5.41) is 0. The zero-order chi connectivity index (χ0) is 26.2. The molecular weight excluding hydrogens is 476 g/mol. The van der Waals surface area contributed by atoms with Gasteiger partial charge in [0, 0.05) is 10.9 Å². The van der Waals surface area contributed by atoms with E-state index in [1.807, 2.05) is 0 Å². The number of hydrogen-bond donors (Lipinski definition) is 2. The molecule has 206 valence electrons. The van der Waals surface area contributed by atoms with Gasteiger partial charge in [-0.1, -0.05) is 121 Å². The third-order valence-electron chi connectivity index (χ3n) is 6.34. The number of unbranched alkanes of at least 4 members (excludes halogenated alkanes) is 16. The van der Waals surface area contributed by atoms with Crippen LogP contribution in [0.3, 0.4) is 0 Å². The molecule has 0 heterocycles. The Hall–Kier alpha value is -0.560. The number of rotatable bonds is 21. The first kappa shape index (κ1) is 34.4. The average Bonchev–Trinajstić information content (AvgIpc) is 2.80. The van der Waals surface area contributed by atoms with Crippen molar-refractivity contribution in [2.24, 2.45) is 0 Å². The highest BCUT2D eigenvalue weighted by molar-refractivity contribution is 7.96. The standard InChI is InChI=1S/C29H53S.H2O4S/c1-4-6-8-10-12-14-16-18-20-26-30(29-24-22-28(3)23-25-29)27-21-19-17-15-13-11-9-7-5-2;1-5(2,3)4/h22-25H,4-21,26-27H2,1-3H3;(H2,1,2,3,4)/q+1;. The molecule has 0 radical (unpaired) electrons. The van der Waals surface area contributed by atoms with Crippen molar-refractivity contribution in [3.05, 3.63) is 29.8 Å². The highest BCUT2D eigenvalue weighted by Gasteiger charge is 2.20. The van der Waals surface area contributed by atoms with Crippen molar-refractivity contribution >= 4 is 21.3 Å². The second-order valence-electron chi connectivity index (χ2n) is 9.82.